The molecule has 0 bridgehead atoms. The maximum Gasteiger partial charge on any atom is 0.262 e. The maximum atomic E-state index is 12.5. The number of hydrogen-bond donors (Lipinski definition) is 0. The van der Waals surface area contributed by atoms with Gasteiger partial charge in [-0.05, 0) is 19.1 Å². The molecule has 1 atom stereocenters. The summed E-state index contributed by atoms with van der Waals surface area (Å²) in [5, 5.41) is 10.1. The largest absolute Gasteiger partial charge is 0.283 e. The van der Waals surface area contributed by atoms with Gasteiger partial charge in [0.15, 0.2) is 5.16 Å². The summed E-state index contributed by atoms with van der Waals surface area (Å²) in [5.74, 6) is 0.527. The van der Waals surface area contributed by atoms with Gasteiger partial charge in [0.05, 0.1) is 22.9 Å². The summed E-state index contributed by atoms with van der Waals surface area (Å²) in [6.45, 7) is 5.95. The second-order valence-electron chi connectivity index (χ2n) is 4.46. The van der Waals surface area contributed by atoms with Gasteiger partial charge in [-0.1, -0.05) is 30.0 Å². The molecule has 0 aliphatic rings. The van der Waals surface area contributed by atoms with Crippen molar-refractivity contribution in [3.8, 4) is 6.07 Å². The Labute approximate surface area is 121 Å². The van der Waals surface area contributed by atoms with Crippen molar-refractivity contribution >= 4 is 22.7 Å². The normalized spacial score (nSPS) is 12.0. The van der Waals surface area contributed by atoms with E-state index in [4.69, 9.17) is 5.26 Å². The molecule has 0 spiro atoms. The Hall–Kier alpha value is -2.06. The first-order valence-corrected chi connectivity index (χ1v) is 7.28. The zero-order valence-corrected chi connectivity index (χ0v) is 12.1. The molecule has 1 aromatic heterocycles. The summed E-state index contributed by atoms with van der Waals surface area (Å²) >= 11 is 1.43. The van der Waals surface area contributed by atoms with Gasteiger partial charge in [-0.3, -0.25) is 9.36 Å². The Morgan fingerprint density at radius 3 is 3.00 bits per heavy atom. The van der Waals surface area contributed by atoms with Gasteiger partial charge in [0.25, 0.3) is 5.56 Å². The third kappa shape index (κ3) is 2.91. The van der Waals surface area contributed by atoms with Crippen LogP contribution in [0.3, 0.4) is 0 Å². The van der Waals surface area contributed by atoms with E-state index in [2.05, 4.69) is 17.6 Å². The van der Waals surface area contributed by atoms with Crippen LogP contribution in [0.1, 0.15) is 6.92 Å². The molecule has 2 aromatic rings. The number of benzene rings is 1. The van der Waals surface area contributed by atoms with Crippen molar-refractivity contribution in [3.63, 3.8) is 0 Å². The van der Waals surface area contributed by atoms with Gasteiger partial charge in [-0.15, -0.1) is 6.58 Å². The molecule has 4 nitrogen and oxygen atoms in total. The van der Waals surface area contributed by atoms with E-state index in [0.717, 1.165) is 0 Å². The Bertz CT molecular complexity index is 730. The second kappa shape index (κ2) is 6.40. The first kappa shape index (κ1) is 14.4. The lowest BCUT2D eigenvalue weighted by molar-refractivity contribution is 0.670. The van der Waals surface area contributed by atoms with Crippen molar-refractivity contribution in [2.45, 2.75) is 18.6 Å². The lowest BCUT2D eigenvalue weighted by Gasteiger charge is -2.11. The first-order valence-electron chi connectivity index (χ1n) is 6.30. The van der Waals surface area contributed by atoms with E-state index < -0.39 is 0 Å². The molecule has 0 saturated heterocycles. The molecule has 0 radical (unpaired) electrons. The van der Waals surface area contributed by atoms with E-state index in [-0.39, 0.29) is 11.5 Å². The minimum absolute atomic E-state index is 0.0670. The monoisotopic (exact) mass is 285 g/mol. The Morgan fingerprint density at radius 2 is 2.30 bits per heavy atom. The molecule has 0 saturated carbocycles. The minimum atomic E-state index is -0.0828. The van der Waals surface area contributed by atoms with Crippen LogP contribution < -0.4 is 5.56 Å². The first-order chi connectivity index (χ1) is 9.67. The number of nitrogens with zero attached hydrogens (tertiary/aromatic N) is 3. The van der Waals surface area contributed by atoms with Gasteiger partial charge in [0, 0.05) is 12.3 Å². The quantitative estimate of drug-likeness (QED) is 0.481. The molecule has 0 amide bonds. The fourth-order valence-corrected chi connectivity index (χ4v) is 2.73. The molecule has 0 aliphatic carbocycles. The predicted octanol–water partition coefficient (Wildman–Crippen LogP) is 2.83. The predicted molar refractivity (Wildman–Crippen MR) is 81.7 cm³/mol. The molecule has 0 unspecified atom stereocenters. The number of aromatic nitrogens is 2. The average molecular weight is 285 g/mol. The summed E-state index contributed by atoms with van der Waals surface area (Å²) in [7, 11) is 0. The Kier molecular flexibility index (Phi) is 4.59. The van der Waals surface area contributed by atoms with Crippen LogP contribution in [0.25, 0.3) is 10.9 Å². The Balaban J connectivity index is 2.51. The van der Waals surface area contributed by atoms with Gasteiger partial charge < -0.3 is 0 Å². The van der Waals surface area contributed by atoms with Gasteiger partial charge >= 0.3 is 0 Å². The van der Waals surface area contributed by atoms with Crippen LogP contribution >= 0.6 is 11.8 Å². The van der Waals surface area contributed by atoms with Crippen LogP contribution in [0.15, 0.2) is 46.9 Å². The van der Waals surface area contributed by atoms with Crippen molar-refractivity contribution in [2.75, 3.05) is 5.75 Å². The molecule has 1 heterocycles. The van der Waals surface area contributed by atoms with Crippen LogP contribution in [-0.4, -0.2) is 15.3 Å². The molecule has 0 fully saturated rings. The van der Waals surface area contributed by atoms with Gasteiger partial charge in [-0.2, -0.15) is 5.26 Å². The molecule has 5 heteroatoms. The van der Waals surface area contributed by atoms with Crippen LogP contribution in [0.5, 0.6) is 0 Å². The molecule has 20 heavy (non-hydrogen) atoms. The third-order valence-electron chi connectivity index (χ3n) is 2.82. The molecule has 0 aliphatic heterocycles. The number of rotatable bonds is 5. The highest BCUT2D eigenvalue weighted by Crippen LogP contribution is 2.20. The second-order valence-corrected chi connectivity index (χ2v) is 5.44. The smallest absolute Gasteiger partial charge is 0.262 e. The summed E-state index contributed by atoms with van der Waals surface area (Å²) in [4.78, 5) is 17.0. The zero-order valence-electron chi connectivity index (χ0n) is 11.2. The molecule has 1 aromatic carbocycles. The van der Waals surface area contributed by atoms with Crippen molar-refractivity contribution in [3.05, 3.63) is 47.3 Å². The van der Waals surface area contributed by atoms with E-state index in [1.54, 1.807) is 16.7 Å². The maximum absolute atomic E-state index is 12.5. The highest BCUT2D eigenvalue weighted by Gasteiger charge is 2.11. The summed E-state index contributed by atoms with van der Waals surface area (Å²) < 4.78 is 1.60. The average Bonchev–Trinajstić information content (AvgIpc) is 2.48. The van der Waals surface area contributed by atoms with Crippen molar-refractivity contribution in [1.82, 2.24) is 9.55 Å². The summed E-state index contributed by atoms with van der Waals surface area (Å²) in [5.41, 5.74) is 0.618. The molecule has 2 rings (SSSR count). The standard InChI is InChI=1S/C15H15N3OS/c1-3-8-18-14(19)12-6-4-5-7-13(12)17-15(18)20-10-11(2)9-16/h3-7,11H,1,8,10H2,2H3/t11-/m0/s1. The number of fused-ring (bicyclic) bond motifs is 1. The van der Waals surface area contributed by atoms with Crippen molar-refractivity contribution in [1.29, 1.82) is 5.26 Å². The van der Waals surface area contributed by atoms with E-state index in [9.17, 15) is 4.79 Å². The third-order valence-corrected chi connectivity index (χ3v) is 4.06. The van der Waals surface area contributed by atoms with Gasteiger partial charge in [0.2, 0.25) is 0 Å². The van der Waals surface area contributed by atoms with Crippen LogP contribution in [0.4, 0.5) is 0 Å². The summed E-state index contributed by atoms with van der Waals surface area (Å²) in [6.07, 6.45) is 1.68. The Morgan fingerprint density at radius 1 is 1.55 bits per heavy atom. The number of thioether (sulfide) groups is 1. The van der Waals surface area contributed by atoms with Crippen LogP contribution in [0, 0.1) is 17.2 Å². The molecular weight excluding hydrogens is 270 g/mol. The van der Waals surface area contributed by atoms with Gasteiger partial charge in [-0.25, -0.2) is 4.98 Å². The highest BCUT2D eigenvalue weighted by atomic mass is 32.2. The lowest BCUT2D eigenvalue weighted by Crippen LogP contribution is -2.23. The van der Waals surface area contributed by atoms with Crippen LogP contribution in [-0.2, 0) is 6.54 Å². The highest BCUT2D eigenvalue weighted by molar-refractivity contribution is 7.99. The SMILES string of the molecule is C=CCn1c(SC[C@@H](C)C#N)nc2ccccc2c1=O. The van der Waals surface area contributed by atoms with Crippen molar-refractivity contribution < 1.29 is 0 Å². The fourth-order valence-electron chi connectivity index (χ4n) is 1.78. The van der Waals surface area contributed by atoms with E-state index >= 15 is 0 Å². The minimum Gasteiger partial charge on any atom is -0.283 e. The number of allylic oxidation sites excluding steroid dienone is 1. The number of hydrogen-bond acceptors (Lipinski definition) is 4. The van der Waals surface area contributed by atoms with E-state index in [1.807, 2.05) is 25.1 Å². The summed E-state index contributed by atoms with van der Waals surface area (Å²) in [6, 6.07) is 9.47. The molecule has 0 N–H and O–H groups in total. The van der Waals surface area contributed by atoms with Crippen molar-refractivity contribution in [2.24, 2.45) is 5.92 Å². The zero-order chi connectivity index (χ0) is 14.5. The molecule has 102 valence electrons. The number of nitriles is 1. The lowest BCUT2D eigenvalue weighted by atomic mass is 10.2. The number of para-hydroxylation sites is 1. The topological polar surface area (TPSA) is 58.7 Å². The van der Waals surface area contributed by atoms with Crippen LogP contribution in [0.2, 0.25) is 0 Å². The van der Waals surface area contributed by atoms with E-state index in [1.165, 1.54) is 11.8 Å². The fraction of sp³-hybridized carbons (Fsp3) is 0.267. The van der Waals surface area contributed by atoms with E-state index in [0.29, 0.717) is 28.4 Å². The molecular formula is C15H15N3OS. The van der Waals surface area contributed by atoms with Gasteiger partial charge in [0.1, 0.15) is 0 Å².